The molecule has 1 saturated heterocycles. The molecule has 0 radical (unpaired) electrons. The Morgan fingerprint density at radius 2 is 2.21 bits per heavy atom. The van der Waals surface area contributed by atoms with Crippen LogP contribution in [0.5, 0.6) is 0 Å². The fourth-order valence-electron chi connectivity index (χ4n) is 2.34. The van der Waals surface area contributed by atoms with Gasteiger partial charge in [-0.2, -0.15) is 16.9 Å². The van der Waals surface area contributed by atoms with Gasteiger partial charge in [0.1, 0.15) is 5.69 Å². The molecular formula is C12H20N4O2S. The van der Waals surface area contributed by atoms with Crippen molar-refractivity contribution in [2.24, 2.45) is 0 Å². The molecule has 1 aliphatic heterocycles. The number of nitrogens with zero attached hydrogens (tertiary/aromatic N) is 3. The van der Waals surface area contributed by atoms with E-state index in [9.17, 15) is 10.1 Å². The summed E-state index contributed by atoms with van der Waals surface area (Å²) in [5, 5.41) is 18.9. The van der Waals surface area contributed by atoms with Crippen molar-refractivity contribution in [2.75, 3.05) is 16.8 Å². The van der Waals surface area contributed by atoms with E-state index in [2.05, 4.69) is 10.4 Å². The van der Waals surface area contributed by atoms with Gasteiger partial charge < -0.3 is 5.32 Å². The predicted octanol–water partition coefficient (Wildman–Crippen LogP) is 2.82. The molecule has 0 spiro atoms. The Kier molecular flexibility index (Phi) is 4.68. The minimum Gasteiger partial charge on any atom is -0.362 e. The van der Waals surface area contributed by atoms with E-state index >= 15 is 0 Å². The minimum absolute atomic E-state index is 0.131. The Morgan fingerprint density at radius 3 is 2.79 bits per heavy atom. The van der Waals surface area contributed by atoms with Crippen molar-refractivity contribution in [1.82, 2.24) is 9.78 Å². The highest BCUT2D eigenvalue weighted by Gasteiger charge is 2.27. The molecule has 1 aromatic rings. The fourth-order valence-corrected chi connectivity index (χ4v) is 3.45. The highest BCUT2D eigenvalue weighted by Crippen LogP contribution is 2.31. The first-order valence-electron chi connectivity index (χ1n) is 6.69. The summed E-state index contributed by atoms with van der Waals surface area (Å²) in [7, 11) is 0. The lowest BCUT2D eigenvalue weighted by Crippen LogP contribution is -2.26. The van der Waals surface area contributed by atoms with Crippen LogP contribution in [0.15, 0.2) is 0 Å². The van der Waals surface area contributed by atoms with Gasteiger partial charge in [0.25, 0.3) is 0 Å². The van der Waals surface area contributed by atoms with Crippen molar-refractivity contribution >= 4 is 23.3 Å². The molecule has 0 bridgehead atoms. The maximum absolute atomic E-state index is 11.2. The number of rotatable bonds is 5. The van der Waals surface area contributed by atoms with E-state index in [1.165, 1.54) is 0 Å². The minimum atomic E-state index is -0.325. The van der Waals surface area contributed by atoms with Crippen LogP contribution >= 0.6 is 11.8 Å². The molecule has 2 heterocycles. The van der Waals surface area contributed by atoms with Crippen molar-refractivity contribution in [3.63, 3.8) is 0 Å². The van der Waals surface area contributed by atoms with E-state index in [4.69, 9.17) is 0 Å². The summed E-state index contributed by atoms with van der Waals surface area (Å²) < 4.78 is 1.75. The lowest BCUT2D eigenvalue weighted by atomic mass is 10.1. The molecular weight excluding hydrogens is 264 g/mol. The zero-order chi connectivity index (χ0) is 13.8. The van der Waals surface area contributed by atoms with E-state index < -0.39 is 0 Å². The summed E-state index contributed by atoms with van der Waals surface area (Å²) in [6.45, 7) is 4.45. The van der Waals surface area contributed by atoms with Crippen molar-refractivity contribution < 1.29 is 4.92 Å². The molecule has 1 fully saturated rings. The van der Waals surface area contributed by atoms with Crippen LogP contribution in [0, 0.1) is 17.0 Å². The third-order valence-electron chi connectivity index (χ3n) is 3.28. The summed E-state index contributed by atoms with van der Waals surface area (Å²) in [5.74, 6) is 2.82. The van der Waals surface area contributed by atoms with Crippen molar-refractivity contribution in [3.05, 3.63) is 15.8 Å². The summed E-state index contributed by atoms with van der Waals surface area (Å²) in [6, 6.07) is 0.326. The highest BCUT2D eigenvalue weighted by molar-refractivity contribution is 7.99. The van der Waals surface area contributed by atoms with Crippen LogP contribution in [0.2, 0.25) is 0 Å². The maximum atomic E-state index is 11.2. The summed E-state index contributed by atoms with van der Waals surface area (Å²) in [4.78, 5) is 10.9. The molecule has 0 unspecified atom stereocenters. The molecule has 2 rings (SSSR count). The topological polar surface area (TPSA) is 73.0 Å². The van der Waals surface area contributed by atoms with Gasteiger partial charge in [-0.25, -0.2) is 4.68 Å². The Labute approximate surface area is 117 Å². The average molecular weight is 284 g/mol. The van der Waals surface area contributed by atoms with Gasteiger partial charge in [0.2, 0.25) is 5.82 Å². The Balaban J connectivity index is 2.26. The van der Waals surface area contributed by atoms with Gasteiger partial charge in [0, 0.05) is 12.6 Å². The third kappa shape index (κ3) is 3.20. The van der Waals surface area contributed by atoms with E-state index in [0.29, 0.717) is 24.1 Å². The van der Waals surface area contributed by atoms with Crippen molar-refractivity contribution in [2.45, 2.75) is 45.7 Å². The predicted molar refractivity (Wildman–Crippen MR) is 77.9 cm³/mol. The van der Waals surface area contributed by atoms with E-state index in [1.54, 1.807) is 11.6 Å². The Morgan fingerprint density at radius 1 is 1.53 bits per heavy atom. The van der Waals surface area contributed by atoms with Crippen LogP contribution in [0.3, 0.4) is 0 Å². The number of aromatic nitrogens is 2. The molecule has 0 amide bonds. The standard InChI is InChI=1S/C12H20N4O2S/c1-3-6-15-12(11(16(17)18)9(2)14-15)13-10-4-7-19-8-5-10/h10,13H,3-8H2,1-2H3. The van der Waals surface area contributed by atoms with E-state index in [-0.39, 0.29) is 10.6 Å². The molecule has 0 aromatic carbocycles. The zero-order valence-electron chi connectivity index (χ0n) is 11.4. The zero-order valence-corrected chi connectivity index (χ0v) is 12.2. The summed E-state index contributed by atoms with van der Waals surface area (Å²) in [5.41, 5.74) is 0.623. The molecule has 106 valence electrons. The molecule has 1 aliphatic rings. The maximum Gasteiger partial charge on any atom is 0.333 e. The SMILES string of the molecule is CCCn1nc(C)c([N+](=O)[O-])c1NC1CCSCC1. The van der Waals surface area contributed by atoms with Crippen molar-refractivity contribution in [1.29, 1.82) is 0 Å². The molecule has 6 nitrogen and oxygen atoms in total. The molecule has 19 heavy (non-hydrogen) atoms. The number of nitro groups is 1. The first kappa shape index (κ1) is 14.2. The number of thioether (sulfide) groups is 1. The van der Waals surface area contributed by atoms with Gasteiger partial charge in [-0.15, -0.1) is 0 Å². The summed E-state index contributed by atoms with van der Waals surface area (Å²) in [6.07, 6.45) is 3.02. The van der Waals surface area contributed by atoms with E-state index in [0.717, 1.165) is 30.8 Å². The smallest absolute Gasteiger partial charge is 0.333 e. The van der Waals surface area contributed by atoms with Gasteiger partial charge in [0.15, 0.2) is 0 Å². The Hall–Kier alpha value is -1.24. The first-order chi connectivity index (χ1) is 9.13. The van der Waals surface area contributed by atoms with Gasteiger partial charge >= 0.3 is 5.69 Å². The van der Waals surface area contributed by atoms with Gasteiger partial charge in [0.05, 0.1) is 4.92 Å². The van der Waals surface area contributed by atoms with Crippen LogP contribution in [-0.4, -0.2) is 32.3 Å². The first-order valence-corrected chi connectivity index (χ1v) is 7.85. The van der Waals surface area contributed by atoms with E-state index in [1.807, 2.05) is 18.7 Å². The molecule has 0 aliphatic carbocycles. The molecule has 0 atom stereocenters. The van der Waals surface area contributed by atoms with Crippen LogP contribution in [0.1, 0.15) is 31.9 Å². The highest BCUT2D eigenvalue weighted by atomic mass is 32.2. The van der Waals surface area contributed by atoms with Crippen LogP contribution in [0.4, 0.5) is 11.5 Å². The molecule has 1 aromatic heterocycles. The van der Waals surface area contributed by atoms with Crippen LogP contribution in [0.25, 0.3) is 0 Å². The monoisotopic (exact) mass is 284 g/mol. The average Bonchev–Trinajstić information content (AvgIpc) is 2.67. The fraction of sp³-hybridized carbons (Fsp3) is 0.750. The largest absolute Gasteiger partial charge is 0.362 e. The molecule has 1 N–H and O–H groups in total. The van der Waals surface area contributed by atoms with Crippen molar-refractivity contribution in [3.8, 4) is 0 Å². The lowest BCUT2D eigenvalue weighted by molar-refractivity contribution is -0.384. The number of hydrogen-bond acceptors (Lipinski definition) is 5. The van der Waals surface area contributed by atoms with Gasteiger partial charge in [-0.1, -0.05) is 6.92 Å². The Bertz CT molecular complexity index is 455. The quantitative estimate of drug-likeness (QED) is 0.665. The van der Waals surface area contributed by atoms with Crippen LogP contribution in [-0.2, 0) is 6.54 Å². The second kappa shape index (κ2) is 6.27. The number of hydrogen-bond donors (Lipinski definition) is 1. The second-order valence-corrected chi connectivity index (χ2v) is 6.02. The number of aryl methyl sites for hydroxylation is 2. The normalized spacial score (nSPS) is 16.5. The lowest BCUT2D eigenvalue weighted by Gasteiger charge is -2.23. The molecule has 0 saturated carbocycles. The molecule has 7 heteroatoms. The number of nitrogens with one attached hydrogen (secondary N) is 1. The third-order valence-corrected chi connectivity index (χ3v) is 4.32. The van der Waals surface area contributed by atoms with Gasteiger partial charge in [-0.3, -0.25) is 10.1 Å². The summed E-state index contributed by atoms with van der Waals surface area (Å²) >= 11 is 1.94. The van der Waals surface area contributed by atoms with Gasteiger partial charge in [-0.05, 0) is 37.7 Å². The second-order valence-electron chi connectivity index (χ2n) is 4.79. The number of anilines is 1. The van der Waals surface area contributed by atoms with Crippen LogP contribution < -0.4 is 5.32 Å².